The number of nitrogens with one attached hydrogen (secondary N) is 1. The van der Waals surface area contributed by atoms with Crippen LogP contribution in [0.1, 0.15) is 10.6 Å². The van der Waals surface area contributed by atoms with Crippen LogP contribution in [0.4, 0.5) is 4.39 Å². The van der Waals surface area contributed by atoms with Crippen molar-refractivity contribution in [3.63, 3.8) is 0 Å². The minimum Gasteiger partial charge on any atom is -0.311 e. The summed E-state index contributed by atoms with van der Waals surface area (Å²) in [5.74, 6) is -0.224. The zero-order valence-corrected chi connectivity index (χ0v) is 11.4. The Kier molecular flexibility index (Phi) is 2.98. The second kappa shape index (κ2) is 4.48. The molecule has 0 aliphatic carbocycles. The summed E-state index contributed by atoms with van der Waals surface area (Å²) in [5.41, 5.74) is 1.71. The van der Waals surface area contributed by atoms with E-state index in [0.29, 0.717) is 5.56 Å². The lowest BCUT2D eigenvalue weighted by atomic mass is 10.2. The van der Waals surface area contributed by atoms with Gasteiger partial charge in [-0.15, -0.1) is 11.3 Å². The van der Waals surface area contributed by atoms with E-state index in [0.717, 1.165) is 34.7 Å². The summed E-state index contributed by atoms with van der Waals surface area (Å²) in [7, 11) is 0. The number of thiazole rings is 1. The van der Waals surface area contributed by atoms with E-state index in [9.17, 15) is 4.39 Å². The van der Waals surface area contributed by atoms with Gasteiger partial charge < -0.3 is 5.32 Å². The van der Waals surface area contributed by atoms with E-state index in [1.807, 2.05) is 6.07 Å². The van der Waals surface area contributed by atoms with Crippen molar-refractivity contribution in [1.82, 2.24) is 10.3 Å². The summed E-state index contributed by atoms with van der Waals surface area (Å²) in [6, 6.07) is 5.10. The number of benzene rings is 1. The van der Waals surface area contributed by atoms with Gasteiger partial charge in [0.15, 0.2) is 0 Å². The maximum atomic E-state index is 13.8. The second-order valence-electron chi connectivity index (χ2n) is 3.94. The third kappa shape index (κ3) is 2.14. The van der Waals surface area contributed by atoms with Crippen LogP contribution in [0.5, 0.6) is 0 Å². The molecule has 88 valence electrons. The fraction of sp³-hybridized carbons (Fsp3) is 0.250. The Balaban J connectivity index is 2.06. The predicted octanol–water partition coefficient (Wildman–Crippen LogP) is 3.36. The van der Waals surface area contributed by atoms with Crippen LogP contribution in [0.3, 0.4) is 0 Å². The van der Waals surface area contributed by atoms with Gasteiger partial charge in [0, 0.05) is 34.4 Å². The quantitative estimate of drug-likeness (QED) is 0.873. The van der Waals surface area contributed by atoms with Gasteiger partial charge in [-0.3, -0.25) is 0 Å². The van der Waals surface area contributed by atoms with Crippen molar-refractivity contribution in [2.75, 3.05) is 6.54 Å². The maximum absolute atomic E-state index is 13.8. The van der Waals surface area contributed by atoms with Gasteiger partial charge >= 0.3 is 0 Å². The molecule has 17 heavy (non-hydrogen) atoms. The van der Waals surface area contributed by atoms with Crippen molar-refractivity contribution in [3.8, 4) is 10.6 Å². The molecule has 1 aliphatic heterocycles. The molecule has 2 aromatic rings. The summed E-state index contributed by atoms with van der Waals surface area (Å²) in [6.45, 7) is 1.81. The highest BCUT2D eigenvalue weighted by Crippen LogP contribution is 2.32. The Labute approximate surface area is 111 Å². The summed E-state index contributed by atoms with van der Waals surface area (Å²) < 4.78 is 14.6. The molecule has 0 atom stereocenters. The Morgan fingerprint density at radius 2 is 2.29 bits per heavy atom. The smallest absolute Gasteiger partial charge is 0.134 e. The Hall–Kier alpha value is -0.780. The van der Waals surface area contributed by atoms with Crippen LogP contribution in [-0.2, 0) is 13.0 Å². The third-order valence-electron chi connectivity index (χ3n) is 2.76. The molecule has 0 unspecified atom stereocenters. The molecule has 1 aromatic heterocycles. The minimum atomic E-state index is -0.224. The van der Waals surface area contributed by atoms with E-state index in [1.54, 1.807) is 17.4 Å². The Bertz CT molecular complexity index is 544. The Morgan fingerprint density at radius 3 is 3.06 bits per heavy atom. The van der Waals surface area contributed by atoms with Crippen molar-refractivity contribution in [2.24, 2.45) is 0 Å². The number of hydrogen-bond acceptors (Lipinski definition) is 3. The third-order valence-corrected chi connectivity index (χ3v) is 4.39. The van der Waals surface area contributed by atoms with Crippen LogP contribution in [0.25, 0.3) is 10.6 Å². The van der Waals surface area contributed by atoms with Crippen molar-refractivity contribution in [1.29, 1.82) is 0 Å². The fourth-order valence-corrected chi connectivity index (χ4v) is 3.34. The predicted molar refractivity (Wildman–Crippen MR) is 70.6 cm³/mol. The Morgan fingerprint density at radius 1 is 1.41 bits per heavy atom. The number of hydrogen-bond donors (Lipinski definition) is 1. The topological polar surface area (TPSA) is 24.9 Å². The van der Waals surface area contributed by atoms with Gasteiger partial charge in [0.25, 0.3) is 0 Å². The first-order valence-electron chi connectivity index (χ1n) is 5.39. The van der Waals surface area contributed by atoms with Crippen molar-refractivity contribution in [3.05, 3.63) is 39.1 Å². The molecule has 1 N–H and O–H groups in total. The summed E-state index contributed by atoms with van der Waals surface area (Å²) in [6.07, 6.45) is 0.935. The second-order valence-corrected chi connectivity index (χ2v) is 5.94. The molecular formula is C12H10BrFN2S. The van der Waals surface area contributed by atoms with Crippen LogP contribution in [0.2, 0.25) is 0 Å². The lowest BCUT2D eigenvalue weighted by Crippen LogP contribution is -2.22. The minimum absolute atomic E-state index is 0.224. The standard InChI is InChI=1S/C12H10BrFN2S/c13-7-1-2-8(9(14)5-7)12-16-10-3-4-15-6-11(10)17-12/h1-2,5,15H,3-4,6H2. The van der Waals surface area contributed by atoms with Gasteiger partial charge in [-0.05, 0) is 18.2 Å². The maximum Gasteiger partial charge on any atom is 0.134 e. The van der Waals surface area contributed by atoms with Gasteiger partial charge in [0.2, 0.25) is 0 Å². The van der Waals surface area contributed by atoms with E-state index >= 15 is 0 Å². The highest BCUT2D eigenvalue weighted by atomic mass is 79.9. The van der Waals surface area contributed by atoms with Gasteiger partial charge in [0.1, 0.15) is 10.8 Å². The zero-order valence-electron chi connectivity index (χ0n) is 8.96. The molecule has 0 fully saturated rings. The van der Waals surface area contributed by atoms with Crippen LogP contribution < -0.4 is 5.32 Å². The molecular weight excluding hydrogens is 303 g/mol. The van der Waals surface area contributed by atoms with Crippen LogP contribution in [0, 0.1) is 5.82 Å². The number of aromatic nitrogens is 1. The van der Waals surface area contributed by atoms with Crippen molar-refractivity contribution in [2.45, 2.75) is 13.0 Å². The molecule has 0 radical (unpaired) electrons. The largest absolute Gasteiger partial charge is 0.311 e. The number of fused-ring (bicyclic) bond motifs is 1. The lowest BCUT2D eigenvalue weighted by molar-refractivity contribution is 0.629. The van der Waals surface area contributed by atoms with Crippen LogP contribution in [0.15, 0.2) is 22.7 Å². The molecule has 0 saturated heterocycles. The average molecular weight is 313 g/mol. The number of rotatable bonds is 1. The van der Waals surface area contributed by atoms with Crippen LogP contribution >= 0.6 is 27.3 Å². The zero-order chi connectivity index (χ0) is 11.8. The summed E-state index contributed by atoms with van der Waals surface area (Å²) >= 11 is 4.84. The SMILES string of the molecule is Fc1cc(Br)ccc1-c1nc2c(s1)CNCC2. The normalized spacial score (nSPS) is 14.7. The van der Waals surface area contributed by atoms with Gasteiger partial charge in [-0.2, -0.15) is 0 Å². The van der Waals surface area contributed by atoms with Gasteiger partial charge in [-0.1, -0.05) is 15.9 Å². The number of halogens is 2. The average Bonchev–Trinajstić information content (AvgIpc) is 2.72. The van der Waals surface area contributed by atoms with Gasteiger partial charge in [0.05, 0.1) is 5.69 Å². The first-order valence-corrected chi connectivity index (χ1v) is 7.00. The molecule has 2 nitrogen and oxygen atoms in total. The van der Waals surface area contributed by atoms with Crippen LogP contribution in [-0.4, -0.2) is 11.5 Å². The van der Waals surface area contributed by atoms with E-state index in [1.165, 1.54) is 10.9 Å². The van der Waals surface area contributed by atoms with Crippen molar-refractivity contribution >= 4 is 27.3 Å². The van der Waals surface area contributed by atoms with E-state index in [4.69, 9.17) is 0 Å². The molecule has 1 aromatic carbocycles. The molecule has 0 bridgehead atoms. The molecule has 0 spiro atoms. The molecule has 3 rings (SSSR count). The molecule has 1 aliphatic rings. The van der Waals surface area contributed by atoms with Gasteiger partial charge in [-0.25, -0.2) is 9.37 Å². The van der Waals surface area contributed by atoms with E-state index in [2.05, 4.69) is 26.2 Å². The molecule has 2 heterocycles. The highest BCUT2D eigenvalue weighted by molar-refractivity contribution is 9.10. The number of nitrogens with zero attached hydrogens (tertiary/aromatic N) is 1. The van der Waals surface area contributed by atoms with Crippen molar-refractivity contribution < 1.29 is 4.39 Å². The lowest BCUT2D eigenvalue weighted by Gasteiger charge is -2.09. The highest BCUT2D eigenvalue weighted by Gasteiger charge is 2.17. The molecule has 0 saturated carbocycles. The molecule has 5 heteroatoms. The molecule has 0 amide bonds. The van der Waals surface area contributed by atoms with E-state index in [-0.39, 0.29) is 5.82 Å². The summed E-state index contributed by atoms with van der Waals surface area (Å²) in [5, 5.41) is 4.08. The van der Waals surface area contributed by atoms with E-state index < -0.39 is 0 Å². The first kappa shape index (κ1) is 11.3. The summed E-state index contributed by atoms with van der Waals surface area (Å²) in [4.78, 5) is 5.76. The monoisotopic (exact) mass is 312 g/mol. The fourth-order valence-electron chi connectivity index (χ4n) is 1.90. The first-order chi connectivity index (χ1) is 8.24.